The fourth-order valence-corrected chi connectivity index (χ4v) is 5.69. The number of aromatic nitrogens is 2. The highest BCUT2D eigenvalue weighted by Gasteiger charge is 2.28. The Bertz CT molecular complexity index is 917. The predicted octanol–water partition coefficient (Wildman–Crippen LogP) is 2.74. The number of hydrogen-bond donors (Lipinski definition) is 1. The third-order valence-electron chi connectivity index (χ3n) is 5.13. The topological polar surface area (TPSA) is 73.2 Å². The van der Waals surface area contributed by atoms with Crippen LogP contribution in [0.4, 0.5) is 0 Å². The summed E-state index contributed by atoms with van der Waals surface area (Å²) in [5, 5.41) is 4.13. The van der Waals surface area contributed by atoms with Gasteiger partial charge in [0.15, 0.2) is 5.16 Å². The normalized spacial score (nSPS) is 17.7. The maximum atomic E-state index is 13.3. The van der Waals surface area contributed by atoms with Crippen molar-refractivity contribution in [3.05, 3.63) is 20.8 Å². The molecule has 6 nitrogen and oxygen atoms in total. The van der Waals surface area contributed by atoms with E-state index in [4.69, 9.17) is 9.72 Å². The summed E-state index contributed by atoms with van der Waals surface area (Å²) in [7, 11) is 1.63. The molecule has 2 aliphatic carbocycles. The van der Waals surface area contributed by atoms with Crippen LogP contribution >= 0.6 is 23.1 Å². The lowest BCUT2D eigenvalue weighted by molar-refractivity contribution is -0.120. The van der Waals surface area contributed by atoms with Crippen molar-refractivity contribution < 1.29 is 9.53 Å². The van der Waals surface area contributed by atoms with Crippen molar-refractivity contribution in [2.45, 2.75) is 68.4 Å². The van der Waals surface area contributed by atoms with Crippen LogP contribution in [0.25, 0.3) is 10.2 Å². The Morgan fingerprint density at radius 2 is 2.19 bits per heavy atom. The molecule has 146 valence electrons. The molecule has 1 amide bonds. The van der Waals surface area contributed by atoms with Gasteiger partial charge in [-0.1, -0.05) is 11.8 Å². The van der Waals surface area contributed by atoms with Crippen LogP contribution in [0, 0.1) is 0 Å². The number of nitrogens with one attached hydrogen (secondary N) is 1. The quantitative estimate of drug-likeness (QED) is 0.564. The Morgan fingerprint density at radius 3 is 2.93 bits per heavy atom. The molecule has 1 N–H and O–H groups in total. The van der Waals surface area contributed by atoms with E-state index in [0.717, 1.165) is 42.3 Å². The Balaban J connectivity index is 1.71. The van der Waals surface area contributed by atoms with Gasteiger partial charge in [0.05, 0.1) is 23.8 Å². The van der Waals surface area contributed by atoms with E-state index in [9.17, 15) is 9.59 Å². The maximum Gasteiger partial charge on any atom is 0.263 e. The fraction of sp³-hybridized carbons (Fsp3) is 0.632. The summed E-state index contributed by atoms with van der Waals surface area (Å²) < 4.78 is 6.90. The van der Waals surface area contributed by atoms with E-state index >= 15 is 0 Å². The molecule has 2 aromatic heterocycles. The number of ether oxygens (including phenoxy) is 1. The standard InChI is InChI=1S/C19H25N3O3S2/c1-11(16(23)20-12-7-8-12)26-19-21-17-15(18(24)22(19)9-10-25-2)13-5-3-4-6-14(13)27-17/h11-12H,3-10H2,1-2H3,(H,20,23)/t11-/m1/s1. The van der Waals surface area contributed by atoms with Gasteiger partial charge in [-0.15, -0.1) is 11.3 Å². The van der Waals surface area contributed by atoms with Gasteiger partial charge in [0.25, 0.3) is 5.56 Å². The minimum absolute atomic E-state index is 0.00810. The second-order valence-corrected chi connectivity index (χ2v) is 9.67. The molecule has 0 radical (unpaired) electrons. The number of carbonyl (C=O) groups is 1. The summed E-state index contributed by atoms with van der Waals surface area (Å²) >= 11 is 3.01. The third kappa shape index (κ3) is 3.93. The van der Waals surface area contributed by atoms with Gasteiger partial charge in [-0.25, -0.2) is 4.98 Å². The molecule has 2 heterocycles. The minimum atomic E-state index is -0.293. The lowest BCUT2D eigenvalue weighted by Gasteiger charge is -2.16. The fourth-order valence-electron chi connectivity index (χ4n) is 3.45. The van der Waals surface area contributed by atoms with Crippen molar-refractivity contribution in [3.63, 3.8) is 0 Å². The van der Waals surface area contributed by atoms with Crippen LogP contribution < -0.4 is 10.9 Å². The summed E-state index contributed by atoms with van der Waals surface area (Å²) in [6, 6.07) is 0.329. The second-order valence-electron chi connectivity index (χ2n) is 7.28. The Morgan fingerprint density at radius 1 is 1.41 bits per heavy atom. The third-order valence-corrected chi connectivity index (χ3v) is 7.41. The summed E-state index contributed by atoms with van der Waals surface area (Å²) in [6.07, 6.45) is 6.43. The summed E-state index contributed by atoms with van der Waals surface area (Å²) in [5.41, 5.74) is 1.20. The monoisotopic (exact) mass is 407 g/mol. The second kappa shape index (κ2) is 7.93. The highest BCUT2D eigenvalue weighted by Crippen LogP contribution is 2.35. The SMILES string of the molecule is COCCn1c(S[C@H](C)C(=O)NC2CC2)nc2sc3c(c2c1=O)CCCC3. The molecule has 0 aliphatic heterocycles. The van der Waals surface area contributed by atoms with Gasteiger partial charge in [0.2, 0.25) is 5.91 Å². The number of nitrogens with zero attached hydrogens (tertiary/aromatic N) is 2. The summed E-state index contributed by atoms with van der Waals surface area (Å²) in [6.45, 7) is 2.76. The van der Waals surface area contributed by atoms with Crippen LogP contribution in [0.2, 0.25) is 0 Å². The first kappa shape index (κ1) is 19.0. The Labute approximate surface area is 166 Å². The van der Waals surface area contributed by atoms with Crippen molar-refractivity contribution in [1.29, 1.82) is 0 Å². The van der Waals surface area contributed by atoms with E-state index in [1.165, 1.54) is 28.6 Å². The van der Waals surface area contributed by atoms with E-state index < -0.39 is 0 Å². The molecule has 0 bridgehead atoms. The van der Waals surface area contributed by atoms with Gasteiger partial charge < -0.3 is 10.1 Å². The number of amides is 1. The number of fused-ring (bicyclic) bond motifs is 3. The Kier molecular flexibility index (Phi) is 5.57. The molecule has 1 fully saturated rings. The van der Waals surface area contributed by atoms with Crippen LogP contribution in [0.1, 0.15) is 43.0 Å². The lowest BCUT2D eigenvalue weighted by Crippen LogP contribution is -2.33. The maximum absolute atomic E-state index is 13.3. The molecular formula is C19H25N3O3S2. The number of hydrogen-bond acceptors (Lipinski definition) is 6. The molecule has 0 spiro atoms. The van der Waals surface area contributed by atoms with Crippen LogP contribution in [0.15, 0.2) is 9.95 Å². The van der Waals surface area contributed by atoms with Gasteiger partial charge in [0, 0.05) is 18.0 Å². The Hall–Kier alpha value is -1.38. The van der Waals surface area contributed by atoms with E-state index in [1.807, 2.05) is 6.92 Å². The van der Waals surface area contributed by atoms with Crippen molar-refractivity contribution in [2.75, 3.05) is 13.7 Å². The summed E-state index contributed by atoms with van der Waals surface area (Å²) in [5.74, 6) is 0.0145. The minimum Gasteiger partial charge on any atom is -0.383 e. The zero-order valence-corrected chi connectivity index (χ0v) is 17.4. The van der Waals surface area contributed by atoms with Gasteiger partial charge in [-0.05, 0) is 51.0 Å². The number of thioether (sulfide) groups is 1. The van der Waals surface area contributed by atoms with Gasteiger partial charge in [0.1, 0.15) is 4.83 Å². The predicted molar refractivity (Wildman–Crippen MR) is 109 cm³/mol. The molecule has 1 atom stereocenters. The van der Waals surface area contributed by atoms with Crippen molar-refractivity contribution in [3.8, 4) is 0 Å². The van der Waals surface area contributed by atoms with Crippen LogP contribution in [0.3, 0.4) is 0 Å². The first-order valence-electron chi connectivity index (χ1n) is 9.59. The first-order chi connectivity index (χ1) is 13.1. The van der Waals surface area contributed by atoms with E-state index in [1.54, 1.807) is 23.0 Å². The van der Waals surface area contributed by atoms with Crippen LogP contribution in [0.5, 0.6) is 0 Å². The number of thiophene rings is 1. The molecule has 27 heavy (non-hydrogen) atoms. The van der Waals surface area contributed by atoms with E-state index in [-0.39, 0.29) is 16.7 Å². The first-order valence-corrected chi connectivity index (χ1v) is 11.3. The highest BCUT2D eigenvalue weighted by atomic mass is 32.2. The average molecular weight is 408 g/mol. The summed E-state index contributed by atoms with van der Waals surface area (Å²) in [4.78, 5) is 32.6. The largest absolute Gasteiger partial charge is 0.383 e. The molecule has 1 saturated carbocycles. The molecule has 0 saturated heterocycles. The van der Waals surface area contributed by atoms with Gasteiger partial charge in [-0.3, -0.25) is 14.2 Å². The highest BCUT2D eigenvalue weighted by molar-refractivity contribution is 8.00. The van der Waals surface area contributed by atoms with E-state index in [2.05, 4.69) is 5.32 Å². The molecule has 0 unspecified atom stereocenters. The van der Waals surface area contributed by atoms with Crippen LogP contribution in [-0.4, -0.2) is 40.5 Å². The molecule has 4 rings (SSSR count). The lowest BCUT2D eigenvalue weighted by atomic mass is 9.97. The molecule has 0 aromatic carbocycles. The van der Waals surface area contributed by atoms with Gasteiger partial charge in [-0.2, -0.15) is 0 Å². The zero-order valence-electron chi connectivity index (χ0n) is 15.7. The molecular weight excluding hydrogens is 382 g/mol. The average Bonchev–Trinajstić information content (AvgIpc) is 3.38. The van der Waals surface area contributed by atoms with Gasteiger partial charge >= 0.3 is 0 Å². The molecule has 2 aliphatic rings. The van der Waals surface area contributed by atoms with Crippen molar-refractivity contribution >= 4 is 39.2 Å². The molecule has 2 aromatic rings. The zero-order chi connectivity index (χ0) is 19.0. The van der Waals surface area contributed by atoms with Crippen LogP contribution in [-0.2, 0) is 28.9 Å². The van der Waals surface area contributed by atoms with Crippen molar-refractivity contribution in [2.24, 2.45) is 0 Å². The smallest absolute Gasteiger partial charge is 0.263 e. The van der Waals surface area contributed by atoms with E-state index in [0.29, 0.717) is 24.3 Å². The number of aryl methyl sites for hydroxylation is 2. The number of carbonyl (C=O) groups excluding carboxylic acids is 1. The number of methoxy groups -OCH3 is 1. The van der Waals surface area contributed by atoms with Crippen molar-refractivity contribution in [1.82, 2.24) is 14.9 Å². The molecule has 8 heteroatoms. The number of rotatable bonds is 7.